The third kappa shape index (κ3) is 2.64. The Kier molecular flexibility index (Phi) is 3.88. The van der Waals surface area contributed by atoms with E-state index in [1.54, 1.807) is 0 Å². The van der Waals surface area contributed by atoms with Crippen molar-refractivity contribution in [3.63, 3.8) is 0 Å². The molecule has 0 amide bonds. The highest BCUT2D eigenvalue weighted by molar-refractivity contribution is 8.00. The van der Waals surface area contributed by atoms with Crippen molar-refractivity contribution in [2.24, 2.45) is 0 Å². The van der Waals surface area contributed by atoms with Crippen molar-refractivity contribution in [2.75, 3.05) is 0 Å². The quantitative estimate of drug-likeness (QED) is 0.819. The zero-order valence-corrected chi connectivity index (χ0v) is 12.2. The van der Waals surface area contributed by atoms with Gasteiger partial charge in [-0.05, 0) is 30.5 Å². The molecule has 2 N–H and O–H groups in total. The average Bonchev–Trinajstić information content (AvgIpc) is 2.46. The van der Waals surface area contributed by atoms with Crippen LogP contribution in [0.4, 0.5) is 0 Å². The maximum Gasteiger partial charge on any atom is 0.459 e. The van der Waals surface area contributed by atoms with Crippen molar-refractivity contribution in [3.8, 4) is 0 Å². The minimum Gasteiger partial charge on any atom is -0.427 e. The number of rotatable bonds is 2. The van der Waals surface area contributed by atoms with Gasteiger partial charge in [-0.25, -0.2) is 0 Å². The molecule has 2 aliphatic rings. The lowest BCUT2D eigenvalue weighted by Gasteiger charge is -2.27. The highest BCUT2D eigenvalue weighted by Gasteiger charge is 2.26. The van der Waals surface area contributed by atoms with Gasteiger partial charge in [0.2, 0.25) is 0 Å². The first-order valence-electron chi connectivity index (χ1n) is 6.83. The topological polar surface area (TPSA) is 40.5 Å². The molecule has 4 heteroatoms. The van der Waals surface area contributed by atoms with Gasteiger partial charge in [-0.15, -0.1) is 11.8 Å². The molecule has 2 unspecified atom stereocenters. The van der Waals surface area contributed by atoms with Crippen LogP contribution < -0.4 is 0 Å². The Labute approximate surface area is 124 Å². The molecule has 0 fully saturated rings. The molecule has 0 saturated heterocycles. The van der Waals surface area contributed by atoms with E-state index in [9.17, 15) is 10.0 Å². The van der Waals surface area contributed by atoms with Gasteiger partial charge in [0.25, 0.3) is 0 Å². The maximum atomic E-state index is 9.21. The molecule has 2 atom stereocenters. The van der Waals surface area contributed by atoms with E-state index in [0.29, 0.717) is 11.7 Å². The zero-order valence-electron chi connectivity index (χ0n) is 11.4. The van der Waals surface area contributed by atoms with E-state index in [1.165, 1.54) is 21.6 Å². The van der Waals surface area contributed by atoms with E-state index in [4.69, 9.17) is 0 Å². The molecule has 1 aliphatic heterocycles. The van der Waals surface area contributed by atoms with E-state index in [0.717, 1.165) is 0 Å². The van der Waals surface area contributed by atoms with Gasteiger partial charge in [0, 0.05) is 10.7 Å². The summed E-state index contributed by atoms with van der Waals surface area (Å²) in [5, 5.41) is 18.8. The highest BCUT2D eigenvalue weighted by atomic mass is 32.2. The molecule has 1 heterocycles. The second-order valence-electron chi connectivity index (χ2n) is 5.30. The number of hydrogen-bond donors (Lipinski definition) is 2. The lowest BCUT2D eigenvalue weighted by Crippen LogP contribution is -2.21. The van der Waals surface area contributed by atoms with Gasteiger partial charge in [-0.2, -0.15) is 0 Å². The van der Waals surface area contributed by atoms with Crippen molar-refractivity contribution >= 4 is 25.0 Å². The Hall–Kier alpha value is -1.23. The van der Waals surface area contributed by atoms with Crippen molar-refractivity contribution in [2.45, 2.75) is 29.3 Å². The number of benzene rings is 1. The molecule has 0 radical (unpaired) electrons. The SMILES string of the molecule is CC1=Cc2ccccc2SC1C1=CCC(B(O)O)C=C1. The maximum absolute atomic E-state index is 9.21. The normalized spacial score (nSPS) is 24.8. The lowest BCUT2D eigenvalue weighted by atomic mass is 9.69. The lowest BCUT2D eigenvalue weighted by molar-refractivity contribution is 0.394. The molecule has 3 rings (SSSR count). The largest absolute Gasteiger partial charge is 0.459 e. The predicted octanol–water partition coefficient (Wildman–Crippen LogP) is 3.29. The van der Waals surface area contributed by atoms with Gasteiger partial charge in [-0.3, -0.25) is 0 Å². The molecule has 20 heavy (non-hydrogen) atoms. The highest BCUT2D eigenvalue weighted by Crippen LogP contribution is 2.42. The fraction of sp³-hybridized carbons (Fsp3) is 0.250. The summed E-state index contributed by atoms with van der Waals surface area (Å²) in [4.78, 5) is 1.31. The fourth-order valence-electron chi connectivity index (χ4n) is 2.65. The molecule has 2 nitrogen and oxygen atoms in total. The Morgan fingerprint density at radius 3 is 2.75 bits per heavy atom. The summed E-state index contributed by atoms with van der Waals surface area (Å²) in [5.41, 5.74) is 3.89. The number of thioether (sulfide) groups is 1. The summed E-state index contributed by atoms with van der Waals surface area (Å²) >= 11 is 1.87. The average molecular weight is 284 g/mol. The van der Waals surface area contributed by atoms with Gasteiger partial charge < -0.3 is 10.0 Å². The van der Waals surface area contributed by atoms with Crippen molar-refractivity contribution < 1.29 is 10.0 Å². The summed E-state index contributed by atoms with van der Waals surface area (Å²) in [7, 11) is -1.26. The molecule has 1 aliphatic carbocycles. The smallest absolute Gasteiger partial charge is 0.427 e. The Morgan fingerprint density at radius 1 is 1.25 bits per heavy atom. The van der Waals surface area contributed by atoms with E-state index in [2.05, 4.69) is 43.3 Å². The molecule has 1 aromatic carbocycles. The van der Waals surface area contributed by atoms with E-state index in [1.807, 2.05) is 23.9 Å². The first-order chi connectivity index (χ1) is 9.65. The fourth-order valence-corrected chi connectivity index (χ4v) is 3.89. The van der Waals surface area contributed by atoms with Gasteiger partial charge in [0.1, 0.15) is 0 Å². The number of fused-ring (bicyclic) bond motifs is 1. The van der Waals surface area contributed by atoms with Crippen molar-refractivity contribution in [3.05, 3.63) is 59.2 Å². The first-order valence-corrected chi connectivity index (χ1v) is 7.71. The Bertz CT molecular complexity index is 604. The molecular weight excluding hydrogens is 267 g/mol. The van der Waals surface area contributed by atoms with Crippen LogP contribution in [0.15, 0.2) is 58.5 Å². The summed E-state index contributed by atoms with van der Waals surface area (Å²) in [6, 6.07) is 8.44. The standard InChI is InChI=1S/C16H17BO2S/c1-11-10-13-4-2-3-5-15(13)20-16(11)12-6-8-14(9-7-12)17(18)19/h2-8,10,14,16,18-19H,9H2,1H3. The minimum absolute atomic E-state index is 0.177. The zero-order chi connectivity index (χ0) is 14.1. The van der Waals surface area contributed by atoms with Crippen molar-refractivity contribution in [1.82, 2.24) is 0 Å². The van der Waals surface area contributed by atoms with Gasteiger partial charge in [-0.1, -0.05) is 48.1 Å². The molecule has 102 valence electrons. The molecule has 1 aromatic rings. The van der Waals surface area contributed by atoms with Gasteiger partial charge in [0.15, 0.2) is 0 Å². The third-order valence-electron chi connectivity index (χ3n) is 3.81. The minimum atomic E-state index is -1.26. The van der Waals surface area contributed by atoms with Crippen LogP contribution in [0.3, 0.4) is 0 Å². The molecular formula is C16H17BO2S. The summed E-state index contributed by atoms with van der Waals surface area (Å²) in [6.07, 6.45) is 9.02. The van der Waals surface area contributed by atoms with Crippen LogP contribution in [0.5, 0.6) is 0 Å². The molecule has 0 bridgehead atoms. The van der Waals surface area contributed by atoms with E-state index in [-0.39, 0.29) is 5.82 Å². The first kappa shape index (κ1) is 13.7. The molecule has 0 spiro atoms. The third-order valence-corrected chi connectivity index (χ3v) is 5.31. The van der Waals surface area contributed by atoms with Crippen LogP contribution in [0.1, 0.15) is 18.9 Å². The Balaban J connectivity index is 1.82. The van der Waals surface area contributed by atoms with Crippen LogP contribution in [-0.4, -0.2) is 22.4 Å². The van der Waals surface area contributed by atoms with Crippen LogP contribution >= 0.6 is 11.8 Å². The summed E-state index contributed by atoms with van der Waals surface area (Å²) in [6.45, 7) is 2.16. The van der Waals surface area contributed by atoms with Crippen molar-refractivity contribution in [1.29, 1.82) is 0 Å². The second-order valence-corrected chi connectivity index (χ2v) is 6.45. The monoisotopic (exact) mass is 284 g/mol. The van der Waals surface area contributed by atoms with Crippen LogP contribution in [0.25, 0.3) is 6.08 Å². The molecule has 0 saturated carbocycles. The summed E-state index contributed by atoms with van der Waals surface area (Å²) < 4.78 is 0. The van der Waals surface area contributed by atoms with E-state index < -0.39 is 7.12 Å². The van der Waals surface area contributed by atoms with Crippen LogP contribution in [-0.2, 0) is 0 Å². The number of hydrogen-bond acceptors (Lipinski definition) is 3. The molecule has 0 aromatic heterocycles. The second kappa shape index (κ2) is 5.64. The van der Waals surface area contributed by atoms with E-state index >= 15 is 0 Å². The van der Waals surface area contributed by atoms with Gasteiger partial charge in [0.05, 0.1) is 5.25 Å². The van der Waals surface area contributed by atoms with Crippen LogP contribution in [0, 0.1) is 0 Å². The van der Waals surface area contributed by atoms with Crippen LogP contribution in [0.2, 0.25) is 5.82 Å². The van der Waals surface area contributed by atoms with Gasteiger partial charge >= 0.3 is 7.12 Å². The predicted molar refractivity (Wildman–Crippen MR) is 85.5 cm³/mol. The Morgan fingerprint density at radius 2 is 2.05 bits per heavy atom. The number of allylic oxidation sites excluding steroid dienone is 3. The summed E-state index contributed by atoms with van der Waals surface area (Å²) in [5.74, 6) is -0.177.